The van der Waals surface area contributed by atoms with Gasteiger partial charge in [-0.15, -0.1) is 0 Å². The fourth-order valence-electron chi connectivity index (χ4n) is 3.19. The van der Waals surface area contributed by atoms with Crippen LogP contribution in [0.4, 0.5) is 4.79 Å². The molecule has 0 radical (unpaired) electrons. The number of amides is 1. The van der Waals surface area contributed by atoms with E-state index in [2.05, 4.69) is 12.2 Å². The lowest BCUT2D eigenvalue weighted by molar-refractivity contribution is -0.00245. The first kappa shape index (κ1) is 13.7. The lowest BCUT2D eigenvalue weighted by atomic mass is 9.75. The van der Waals surface area contributed by atoms with Gasteiger partial charge < -0.3 is 15.0 Å². The molecule has 2 rings (SSSR count). The van der Waals surface area contributed by atoms with Crippen molar-refractivity contribution in [2.75, 3.05) is 19.6 Å². The van der Waals surface area contributed by atoms with Crippen molar-refractivity contribution in [2.45, 2.75) is 58.6 Å². The van der Waals surface area contributed by atoms with Crippen molar-refractivity contribution in [3.05, 3.63) is 0 Å². The molecule has 0 bridgehead atoms. The zero-order valence-corrected chi connectivity index (χ0v) is 12.1. The number of rotatable bonds is 0. The van der Waals surface area contributed by atoms with E-state index in [0.29, 0.717) is 5.41 Å². The summed E-state index contributed by atoms with van der Waals surface area (Å²) in [6, 6.07) is 0.286. The molecule has 0 aliphatic carbocycles. The Kier molecular flexibility index (Phi) is 3.58. The Morgan fingerprint density at radius 1 is 1.39 bits per heavy atom. The van der Waals surface area contributed by atoms with E-state index >= 15 is 0 Å². The maximum atomic E-state index is 12.1. The van der Waals surface area contributed by atoms with Gasteiger partial charge in [0.05, 0.1) is 0 Å². The monoisotopic (exact) mass is 254 g/mol. The summed E-state index contributed by atoms with van der Waals surface area (Å²) < 4.78 is 5.47. The predicted molar refractivity (Wildman–Crippen MR) is 71.6 cm³/mol. The lowest BCUT2D eigenvalue weighted by Crippen LogP contribution is -2.50. The van der Waals surface area contributed by atoms with Crippen molar-refractivity contribution in [1.29, 1.82) is 0 Å². The highest BCUT2D eigenvalue weighted by molar-refractivity contribution is 5.68. The van der Waals surface area contributed by atoms with Gasteiger partial charge in [0.1, 0.15) is 5.60 Å². The number of hydrogen-bond donors (Lipinski definition) is 1. The number of piperidine rings is 1. The van der Waals surface area contributed by atoms with Gasteiger partial charge in [0, 0.05) is 19.1 Å². The van der Waals surface area contributed by atoms with Crippen LogP contribution in [0.5, 0.6) is 0 Å². The van der Waals surface area contributed by atoms with Gasteiger partial charge in [-0.1, -0.05) is 0 Å². The van der Waals surface area contributed by atoms with Gasteiger partial charge in [-0.05, 0) is 58.9 Å². The predicted octanol–water partition coefficient (Wildman–Crippen LogP) is 2.39. The molecular formula is C14H26N2O2. The average Bonchev–Trinajstić information content (AvgIpc) is 2.63. The topological polar surface area (TPSA) is 41.6 Å². The maximum Gasteiger partial charge on any atom is 0.410 e. The first-order valence-corrected chi connectivity index (χ1v) is 7.02. The van der Waals surface area contributed by atoms with Crippen LogP contribution >= 0.6 is 0 Å². The zero-order valence-electron chi connectivity index (χ0n) is 12.1. The Balaban J connectivity index is 1.95. The second-order valence-electron chi connectivity index (χ2n) is 6.90. The second kappa shape index (κ2) is 4.72. The molecule has 0 unspecified atom stereocenters. The number of nitrogens with zero attached hydrogens (tertiary/aromatic N) is 1. The van der Waals surface area contributed by atoms with Crippen LogP contribution in [-0.2, 0) is 4.74 Å². The van der Waals surface area contributed by atoms with Crippen LogP contribution in [0, 0.1) is 5.41 Å². The number of ether oxygens (including phenoxy) is 1. The van der Waals surface area contributed by atoms with Crippen molar-refractivity contribution in [3.8, 4) is 0 Å². The van der Waals surface area contributed by atoms with Crippen molar-refractivity contribution in [3.63, 3.8) is 0 Å². The highest BCUT2D eigenvalue weighted by atomic mass is 16.6. The molecule has 2 saturated heterocycles. The second-order valence-corrected chi connectivity index (χ2v) is 6.90. The Labute approximate surface area is 110 Å². The van der Waals surface area contributed by atoms with Gasteiger partial charge in [0.25, 0.3) is 0 Å². The number of hydrogen-bond acceptors (Lipinski definition) is 3. The zero-order chi connectivity index (χ0) is 13.4. The molecule has 0 aromatic heterocycles. The van der Waals surface area contributed by atoms with Gasteiger partial charge in [0.15, 0.2) is 0 Å². The third kappa shape index (κ3) is 2.97. The minimum absolute atomic E-state index is 0.157. The van der Waals surface area contributed by atoms with E-state index in [1.807, 2.05) is 25.7 Å². The molecular weight excluding hydrogens is 228 g/mol. The van der Waals surface area contributed by atoms with E-state index in [4.69, 9.17) is 4.74 Å². The SMILES string of the molecule is C[C@@H]1C[C@]2(CCNC2)CCN1C(=O)OC(C)(C)C. The summed E-state index contributed by atoms with van der Waals surface area (Å²) in [7, 11) is 0. The molecule has 1 N–H and O–H groups in total. The smallest absolute Gasteiger partial charge is 0.410 e. The Morgan fingerprint density at radius 3 is 2.61 bits per heavy atom. The third-order valence-electron chi connectivity index (χ3n) is 4.10. The van der Waals surface area contributed by atoms with E-state index in [1.54, 1.807) is 0 Å². The summed E-state index contributed by atoms with van der Waals surface area (Å²) in [4.78, 5) is 14.0. The fraction of sp³-hybridized carbons (Fsp3) is 0.929. The van der Waals surface area contributed by atoms with E-state index in [1.165, 1.54) is 6.42 Å². The van der Waals surface area contributed by atoms with Gasteiger partial charge >= 0.3 is 6.09 Å². The molecule has 2 heterocycles. The van der Waals surface area contributed by atoms with Crippen molar-refractivity contribution in [2.24, 2.45) is 5.41 Å². The molecule has 0 aromatic carbocycles. The minimum atomic E-state index is -0.402. The minimum Gasteiger partial charge on any atom is -0.444 e. The van der Waals surface area contributed by atoms with Gasteiger partial charge in [-0.25, -0.2) is 4.79 Å². The van der Waals surface area contributed by atoms with Crippen molar-refractivity contribution in [1.82, 2.24) is 10.2 Å². The van der Waals surface area contributed by atoms with Crippen LogP contribution in [0.1, 0.15) is 47.0 Å². The molecule has 2 aliphatic rings. The van der Waals surface area contributed by atoms with Crippen LogP contribution in [0.25, 0.3) is 0 Å². The molecule has 18 heavy (non-hydrogen) atoms. The molecule has 2 fully saturated rings. The number of carbonyl (C=O) groups excluding carboxylic acids is 1. The van der Waals surface area contributed by atoms with Gasteiger partial charge in [0.2, 0.25) is 0 Å². The molecule has 2 atom stereocenters. The summed E-state index contributed by atoms with van der Waals surface area (Å²) in [5, 5.41) is 3.45. The molecule has 4 nitrogen and oxygen atoms in total. The van der Waals surface area contributed by atoms with E-state index in [-0.39, 0.29) is 12.1 Å². The van der Waals surface area contributed by atoms with Crippen LogP contribution in [-0.4, -0.2) is 42.3 Å². The number of likely N-dealkylation sites (tertiary alicyclic amines) is 1. The highest BCUT2D eigenvalue weighted by Crippen LogP contribution is 2.39. The summed E-state index contributed by atoms with van der Waals surface area (Å²) in [6.07, 6.45) is 3.29. The number of carbonyl (C=O) groups is 1. The molecule has 0 saturated carbocycles. The van der Waals surface area contributed by atoms with E-state index in [9.17, 15) is 4.79 Å². The van der Waals surface area contributed by atoms with E-state index < -0.39 is 5.60 Å². The molecule has 1 spiro atoms. The maximum absolute atomic E-state index is 12.1. The van der Waals surface area contributed by atoms with E-state index in [0.717, 1.165) is 32.5 Å². The summed E-state index contributed by atoms with van der Waals surface area (Å²) in [5.41, 5.74) is 0.0266. The summed E-state index contributed by atoms with van der Waals surface area (Å²) in [6.45, 7) is 11.0. The van der Waals surface area contributed by atoms with Crippen LogP contribution in [0.3, 0.4) is 0 Å². The molecule has 2 aliphatic heterocycles. The van der Waals surface area contributed by atoms with Crippen LogP contribution in [0.15, 0.2) is 0 Å². The fourth-order valence-corrected chi connectivity index (χ4v) is 3.19. The van der Waals surface area contributed by atoms with Crippen LogP contribution in [0.2, 0.25) is 0 Å². The third-order valence-corrected chi connectivity index (χ3v) is 4.10. The first-order valence-electron chi connectivity index (χ1n) is 7.02. The van der Waals surface area contributed by atoms with Gasteiger partial charge in [-0.2, -0.15) is 0 Å². The summed E-state index contributed by atoms with van der Waals surface area (Å²) >= 11 is 0. The molecule has 1 amide bonds. The normalized spacial score (nSPS) is 32.9. The molecule has 104 valence electrons. The summed E-state index contributed by atoms with van der Waals surface area (Å²) in [5.74, 6) is 0. The van der Waals surface area contributed by atoms with Crippen LogP contribution < -0.4 is 5.32 Å². The molecule has 0 aromatic rings. The van der Waals surface area contributed by atoms with Crippen molar-refractivity contribution < 1.29 is 9.53 Å². The Hall–Kier alpha value is -0.770. The average molecular weight is 254 g/mol. The van der Waals surface area contributed by atoms with Gasteiger partial charge in [-0.3, -0.25) is 0 Å². The first-order chi connectivity index (χ1) is 8.31. The Morgan fingerprint density at radius 2 is 2.11 bits per heavy atom. The van der Waals surface area contributed by atoms with Crippen molar-refractivity contribution >= 4 is 6.09 Å². The Bertz CT molecular complexity index is 316. The largest absolute Gasteiger partial charge is 0.444 e. The number of nitrogens with one attached hydrogen (secondary N) is 1. The molecule has 4 heteroatoms. The lowest BCUT2D eigenvalue weighted by Gasteiger charge is -2.43. The quantitative estimate of drug-likeness (QED) is 0.721. The standard InChI is InChI=1S/C14H26N2O2/c1-11-9-14(5-7-15-10-14)6-8-16(11)12(17)18-13(2,3)4/h11,15H,5-10H2,1-4H3/t11-,14+/m1/s1. The highest BCUT2D eigenvalue weighted by Gasteiger charge is 2.42.